The Labute approximate surface area is 155 Å². The van der Waals surface area contributed by atoms with E-state index < -0.39 is 11.7 Å². The topological polar surface area (TPSA) is 12.9 Å². The van der Waals surface area contributed by atoms with Crippen molar-refractivity contribution in [2.24, 2.45) is 0 Å². The van der Waals surface area contributed by atoms with Gasteiger partial charge in [0.15, 0.2) is 0 Å². The van der Waals surface area contributed by atoms with Crippen molar-refractivity contribution in [3.05, 3.63) is 78.1 Å². The minimum atomic E-state index is -4.43. The van der Waals surface area contributed by atoms with Gasteiger partial charge in [-0.1, -0.05) is 49.9 Å². The van der Waals surface area contributed by atoms with Crippen molar-refractivity contribution in [3.63, 3.8) is 0 Å². The van der Waals surface area contributed by atoms with E-state index in [-0.39, 0.29) is 10.8 Å². The van der Waals surface area contributed by atoms with Crippen molar-refractivity contribution in [2.45, 2.75) is 35.7 Å². The highest BCUT2D eigenvalue weighted by molar-refractivity contribution is 7.99. The zero-order valence-corrected chi connectivity index (χ0v) is 15.2. The molecule has 0 spiro atoms. The SMILES string of the molecule is CC(C)c1c(-c2ccncc2)ccc(Sc2ccccc2)c1C(F)(F)F. The number of alkyl halides is 3. The maximum atomic E-state index is 14.0. The lowest BCUT2D eigenvalue weighted by Gasteiger charge is -2.23. The van der Waals surface area contributed by atoms with Gasteiger partial charge in [0, 0.05) is 22.2 Å². The molecular weight excluding hydrogens is 355 g/mol. The normalized spacial score (nSPS) is 11.8. The standard InChI is InChI=1S/C21H18F3NS/c1-14(2)19-17(15-10-12-25-13-11-15)8-9-18(20(19)21(22,23)24)26-16-6-4-3-5-7-16/h3-14H,1-2H3. The molecule has 5 heteroatoms. The lowest BCUT2D eigenvalue weighted by Crippen LogP contribution is -2.13. The van der Waals surface area contributed by atoms with Crippen molar-refractivity contribution in [1.82, 2.24) is 4.98 Å². The molecule has 1 nitrogen and oxygen atoms in total. The van der Waals surface area contributed by atoms with E-state index in [1.807, 2.05) is 30.3 Å². The molecule has 0 aliphatic rings. The first-order valence-corrected chi connectivity index (χ1v) is 9.07. The number of hydrogen-bond acceptors (Lipinski definition) is 2. The van der Waals surface area contributed by atoms with Crippen LogP contribution in [0.1, 0.15) is 30.9 Å². The summed E-state index contributed by atoms with van der Waals surface area (Å²) < 4.78 is 42.1. The molecule has 0 fully saturated rings. The predicted molar refractivity (Wildman–Crippen MR) is 99.3 cm³/mol. The quantitative estimate of drug-likeness (QED) is 0.486. The van der Waals surface area contributed by atoms with Crippen LogP contribution in [0.25, 0.3) is 11.1 Å². The second-order valence-corrected chi connectivity index (χ2v) is 7.32. The second kappa shape index (κ2) is 7.54. The average Bonchev–Trinajstić information content (AvgIpc) is 2.62. The summed E-state index contributed by atoms with van der Waals surface area (Å²) in [6.07, 6.45) is -1.24. The fourth-order valence-corrected chi connectivity index (χ4v) is 3.99. The maximum absolute atomic E-state index is 14.0. The zero-order valence-electron chi connectivity index (χ0n) is 14.4. The molecule has 0 bridgehead atoms. The maximum Gasteiger partial charge on any atom is 0.417 e. The van der Waals surface area contributed by atoms with Crippen molar-refractivity contribution < 1.29 is 13.2 Å². The summed E-state index contributed by atoms with van der Waals surface area (Å²) in [7, 11) is 0. The van der Waals surface area contributed by atoms with Gasteiger partial charge in [0.2, 0.25) is 0 Å². The Morgan fingerprint density at radius 3 is 2.12 bits per heavy atom. The Kier molecular flexibility index (Phi) is 5.37. The first-order chi connectivity index (χ1) is 12.4. The van der Waals surface area contributed by atoms with E-state index in [4.69, 9.17) is 0 Å². The van der Waals surface area contributed by atoms with Crippen molar-refractivity contribution >= 4 is 11.8 Å². The largest absolute Gasteiger partial charge is 0.417 e. The van der Waals surface area contributed by atoms with Crippen LogP contribution in [0.2, 0.25) is 0 Å². The van der Waals surface area contributed by atoms with Crippen LogP contribution in [0.4, 0.5) is 13.2 Å². The summed E-state index contributed by atoms with van der Waals surface area (Å²) in [4.78, 5) is 4.97. The lowest BCUT2D eigenvalue weighted by molar-refractivity contribution is -0.140. The molecule has 1 aromatic heterocycles. The van der Waals surface area contributed by atoms with E-state index in [1.165, 1.54) is 0 Å². The molecular formula is C21H18F3NS. The van der Waals surface area contributed by atoms with Crippen molar-refractivity contribution in [3.8, 4) is 11.1 Å². The van der Waals surface area contributed by atoms with Gasteiger partial charge >= 0.3 is 6.18 Å². The monoisotopic (exact) mass is 373 g/mol. The molecule has 0 radical (unpaired) electrons. The summed E-state index contributed by atoms with van der Waals surface area (Å²) in [5.41, 5.74) is 1.12. The molecule has 3 aromatic rings. The summed E-state index contributed by atoms with van der Waals surface area (Å²) in [6, 6.07) is 16.0. The molecule has 1 heterocycles. The van der Waals surface area contributed by atoms with E-state index in [2.05, 4.69) is 4.98 Å². The number of pyridine rings is 1. The van der Waals surface area contributed by atoms with Crippen LogP contribution >= 0.6 is 11.8 Å². The van der Waals surface area contributed by atoms with E-state index in [9.17, 15) is 13.2 Å². The summed E-state index contributed by atoms with van der Waals surface area (Å²) in [6.45, 7) is 3.60. The van der Waals surface area contributed by atoms with Crippen LogP contribution in [-0.2, 0) is 6.18 Å². The highest BCUT2D eigenvalue weighted by Gasteiger charge is 2.38. The Morgan fingerprint density at radius 1 is 0.885 bits per heavy atom. The molecule has 0 saturated heterocycles. The van der Waals surface area contributed by atoms with Gasteiger partial charge in [-0.3, -0.25) is 4.98 Å². The molecule has 0 unspecified atom stereocenters. The number of aromatic nitrogens is 1. The molecule has 2 aromatic carbocycles. The van der Waals surface area contributed by atoms with Gasteiger partial charge in [0.05, 0.1) is 5.56 Å². The molecule has 0 aliphatic carbocycles. The third-order valence-corrected chi connectivity index (χ3v) is 5.10. The molecule has 0 aliphatic heterocycles. The molecule has 3 rings (SSSR count). The van der Waals surface area contributed by atoms with E-state index in [0.29, 0.717) is 11.1 Å². The Bertz CT molecular complexity index is 875. The highest BCUT2D eigenvalue weighted by atomic mass is 32.2. The van der Waals surface area contributed by atoms with E-state index in [1.54, 1.807) is 50.5 Å². The van der Waals surface area contributed by atoms with Gasteiger partial charge in [0.1, 0.15) is 0 Å². The molecule has 0 atom stereocenters. The smallest absolute Gasteiger partial charge is 0.265 e. The average molecular weight is 373 g/mol. The van der Waals surface area contributed by atoms with Crippen LogP contribution in [0.5, 0.6) is 0 Å². The van der Waals surface area contributed by atoms with Crippen LogP contribution in [0.15, 0.2) is 76.8 Å². The first kappa shape index (κ1) is 18.5. The molecule has 26 heavy (non-hydrogen) atoms. The minimum Gasteiger partial charge on any atom is -0.265 e. The summed E-state index contributed by atoms with van der Waals surface area (Å²) >= 11 is 1.14. The molecule has 0 saturated carbocycles. The molecule has 0 amide bonds. The fourth-order valence-electron chi connectivity index (χ4n) is 2.98. The minimum absolute atomic E-state index is 0.227. The van der Waals surface area contributed by atoms with E-state index in [0.717, 1.165) is 22.2 Å². The van der Waals surface area contributed by atoms with Crippen LogP contribution in [0.3, 0.4) is 0 Å². The van der Waals surface area contributed by atoms with Crippen LogP contribution in [0, 0.1) is 0 Å². The summed E-state index contributed by atoms with van der Waals surface area (Å²) in [5.74, 6) is -0.272. The van der Waals surface area contributed by atoms with Crippen LogP contribution in [-0.4, -0.2) is 4.98 Å². The number of halogens is 3. The van der Waals surface area contributed by atoms with Gasteiger partial charge in [-0.25, -0.2) is 0 Å². The highest BCUT2D eigenvalue weighted by Crippen LogP contribution is 2.46. The van der Waals surface area contributed by atoms with Crippen LogP contribution < -0.4 is 0 Å². The van der Waals surface area contributed by atoms with Gasteiger partial charge in [-0.15, -0.1) is 0 Å². The number of benzene rings is 2. The van der Waals surface area contributed by atoms with E-state index >= 15 is 0 Å². The first-order valence-electron chi connectivity index (χ1n) is 8.25. The fraction of sp³-hybridized carbons (Fsp3) is 0.190. The second-order valence-electron chi connectivity index (χ2n) is 6.20. The van der Waals surface area contributed by atoms with Gasteiger partial charge in [0.25, 0.3) is 0 Å². The molecule has 0 N–H and O–H groups in total. The van der Waals surface area contributed by atoms with Gasteiger partial charge < -0.3 is 0 Å². The number of nitrogens with zero attached hydrogens (tertiary/aromatic N) is 1. The van der Waals surface area contributed by atoms with Crippen molar-refractivity contribution in [1.29, 1.82) is 0 Å². The third-order valence-electron chi connectivity index (χ3n) is 4.03. The Hall–Kier alpha value is -2.27. The third kappa shape index (κ3) is 3.93. The molecule has 134 valence electrons. The van der Waals surface area contributed by atoms with Gasteiger partial charge in [-0.05, 0) is 52.9 Å². The predicted octanol–water partition coefficient (Wildman–Crippen LogP) is 7.04. The van der Waals surface area contributed by atoms with Gasteiger partial charge in [-0.2, -0.15) is 13.2 Å². The van der Waals surface area contributed by atoms with Crippen molar-refractivity contribution in [2.75, 3.05) is 0 Å². The Morgan fingerprint density at radius 2 is 1.54 bits per heavy atom. The number of hydrogen-bond donors (Lipinski definition) is 0. The number of rotatable bonds is 4. The zero-order chi connectivity index (χ0) is 18.7. The lowest BCUT2D eigenvalue weighted by atomic mass is 9.88. The Balaban J connectivity index is 2.22. The summed E-state index contributed by atoms with van der Waals surface area (Å²) in [5, 5.41) is 0.